The van der Waals surface area contributed by atoms with E-state index in [1.807, 2.05) is 60.8 Å². The highest BCUT2D eigenvalue weighted by molar-refractivity contribution is 9.10. The fourth-order valence-electron chi connectivity index (χ4n) is 4.53. The number of likely N-dealkylation sites (N-methyl/N-ethyl adjacent to an activating group) is 1. The zero-order valence-electron chi connectivity index (χ0n) is 20.7. The number of nitrogens with zero attached hydrogens (tertiary/aromatic N) is 3. The van der Waals surface area contributed by atoms with Crippen LogP contribution in [0.2, 0.25) is 0 Å². The molecular weight excluding hydrogens is 552 g/mol. The average molecular weight is 580 g/mol. The fourth-order valence-corrected chi connectivity index (χ4v) is 5.52. The van der Waals surface area contributed by atoms with Gasteiger partial charge in [0.05, 0.1) is 16.8 Å². The van der Waals surface area contributed by atoms with Crippen LogP contribution in [0, 0.1) is 0 Å². The third-order valence-corrected chi connectivity index (χ3v) is 7.85. The van der Waals surface area contributed by atoms with Crippen molar-refractivity contribution in [3.8, 4) is 11.3 Å². The first-order valence-electron chi connectivity index (χ1n) is 12.3. The molecule has 1 atom stereocenters. The molecule has 9 heteroatoms. The molecule has 1 amide bonds. The number of fused-ring (bicyclic) bond motifs is 2. The van der Waals surface area contributed by atoms with Gasteiger partial charge in [0.15, 0.2) is 11.2 Å². The number of benzene rings is 2. The van der Waals surface area contributed by atoms with E-state index in [2.05, 4.69) is 38.1 Å². The van der Waals surface area contributed by atoms with Gasteiger partial charge >= 0.3 is 5.97 Å². The molecule has 0 fully saturated rings. The summed E-state index contributed by atoms with van der Waals surface area (Å²) in [7, 11) is 0. The number of hydrogen-bond donors (Lipinski definition) is 1. The number of aromatic nitrogens is 2. The van der Waals surface area contributed by atoms with E-state index in [1.54, 1.807) is 0 Å². The van der Waals surface area contributed by atoms with Crippen molar-refractivity contribution in [2.75, 3.05) is 18.4 Å². The Kier molecular flexibility index (Phi) is 7.64. The van der Waals surface area contributed by atoms with Gasteiger partial charge in [-0.15, -0.1) is 11.3 Å². The van der Waals surface area contributed by atoms with Crippen molar-refractivity contribution in [3.05, 3.63) is 75.2 Å². The lowest BCUT2D eigenvalue weighted by atomic mass is 9.95. The van der Waals surface area contributed by atoms with Gasteiger partial charge in [0.1, 0.15) is 0 Å². The Hall–Kier alpha value is -3.14. The number of anilines is 1. The predicted molar refractivity (Wildman–Crippen MR) is 150 cm³/mol. The van der Waals surface area contributed by atoms with Gasteiger partial charge < -0.3 is 4.74 Å². The average Bonchev–Trinajstić information content (AvgIpc) is 3.38. The van der Waals surface area contributed by atoms with Gasteiger partial charge in [0.2, 0.25) is 0 Å². The highest BCUT2D eigenvalue weighted by Crippen LogP contribution is 2.30. The Balaban J connectivity index is 1.37. The maximum Gasteiger partial charge on any atom is 0.340 e. The number of thiazole rings is 1. The van der Waals surface area contributed by atoms with Crippen LogP contribution in [0.15, 0.2) is 58.4 Å². The molecule has 190 valence electrons. The van der Waals surface area contributed by atoms with Gasteiger partial charge in [-0.25, -0.2) is 9.78 Å². The zero-order chi connectivity index (χ0) is 25.9. The van der Waals surface area contributed by atoms with Crippen LogP contribution in [-0.4, -0.2) is 45.9 Å². The van der Waals surface area contributed by atoms with E-state index < -0.39 is 18.0 Å². The number of pyridine rings is 1. The Morgan fingerprint density at radius 1 is 1.14 bits per heavy atom. The monoisotopic (exact) mass is 578 g/mol. The standard InChI is InChI=1S/C28H27BrN4O3S/c1-3-24(26(34)32-28-31-23(16-37-28)17-9-11-18(29)12-10-17)36-27(35)25-19-7-5-6-8-21(19)30-22-13-14-33(4-2)15-20(22)25/h5-12,16,24H,3-4,13-15H2,1-2H3,(H,31,32,34). The van der Waals surface area contributed by atoms with E-state index in [0.717, 1.165) is 57.4 Å². The first-order valence-corrected chi connectivity index (χ1v) is 14.0. The molecule has 2 aromatic heterocycles. The summed E-state index contributed by atoms with van der Waals surface area (Å²) in [4.78, 5) is 38.4. The first-order chi connectivity index (χ1) is 18.0. The number of nitrogens with one attached hydrogen (secondary N) is 1. The quantitative estimate of drug-likeness (QED) is 0.268. The summed E-state index contributed by atoms with van der Waals surface area (Å²) in [6.45, 7) is 6.35. The molecule has 1 unspecified atom stereocenters. The van der Waals surface area contributed by atoms with Gasteiger partial charge in [0, 0.05) is 51.6 Å². The van der Waals surface area contributed by atoms with Gasteiger partial charge in [-0.1, -0.05) is 60.1 Å². The Labute approximate surface area is 228 Å². The molecule has 5 rings (SSSR count). The molecule has 0 spiro atoms. The SMILES string of the molecule is CCC(OC(=O)c1c2c(nc3ccccc13)CCN(CC)C2)C(=O)Nc1nc(-c2ccc(Br)cc2)cs1. The molecule has 0 bridgehead atoms. The minimum Gasteiger partial charge on any atom is -0.449 e. The van der Waals surface area contributed by atoms with Gasteiger partial charge in [-0.2, -0.15) is 0 Å². The largest absolute Gasteiger partial charge is 0.449 e. The smallest absolute Gasteiger partial charge is 0.340 e. The van der Waals surface area contributed by atoms with Crippen LogP contribution in [0.5, 0.6) is 0 Å². The van der Waals surface area contributed by atoms with Crippen molar-refractivity contribution in [1.29, 1.82) is 0 Å². The van der Waals surface area contributed by atoms with Crippen LogP contribution in [0.25, 0.3) is 22.2 Å². The molecule has 0 radical (unpaired) electrons. The second-order valence-corrected chi connectivity index (χ2v) is 10.7. The summed E-state index contributed by atoms with van der Waals surface area (Å²) in [6.07, 6.45) is 0.173. The molecule has 1 aliphatic heterocycles. The summed E-state index contributed by atoms with van der Waals surface area (Å²) in [6, 6.07) is 15.4. The molecule has 7 nitrogen and oxygen atoms in total. The summed E-state index contributed by atoms with van der Waals surface area (Å²) >= 11 is 4.77. The number of carbonyl (C=O) groups excluding carboxylic acids is 2. The molecule has 0 aliphatic carbocycles. The van der Waals surface area contributed by atoms with Crippen molar-refractivity contribution in [1.82, 2.24) is 14.9 Å². The van der Waals surface area contributed by atoms with Crippen molar-refractivity contribution in [2.45, 2.75) is 39.3 Å². The van der Waals surface area contributed by atoms with E-state index in [0.29, 0.717) is 23.7 Å². The molecular formula is C28H27BrN4O3S. The normalized spacial score (nSPS) is 14.2. The maximum absolute atomic E-state index is 13.6. The van der Waals surface area contributed by atoms with Crippen LogP contribution in [-0.2, 0) is 22.5 Å². The topological polar surface area (TPSA) is 84.4 Å². The predicted octanol–water partition coefficient (Wildman–Crippen LogP) is 6.07. The van der Waals surface area contributed by atoms with E-state index in [-0.39, 0.29) is 0 Å². The van der Waals surface area contributed by atoms with Crippen LogP contribution >= 0.6 is 27.3 Å². The number of halogens is 1. The Morgan fingerprint density at radius 3 is 2.68 bits per heavy atom. The fraction of sp³-hybridized carbons (Fsp3) is 0.286. The number of esters is 1. The van der Waals surface area contributed by atoms with Gasteiger partial charge in [-0.3, -0.25) is 20.0 Å². The molecule has 4 aromatic rings. The summed E-state index contributed by atoms with van der Waals surface area (Å²) in [5, 5.41) is 5.93. The van der Waals surface area contributed by atoms with Crippen LogP contribution < -0.4 is 5.32 Å². The van der Waals surface area contributed by atoms with Crippen molar-refractivity contribution in [3.63, 3.8) is 0 Å². The van der Waals surface area contributed by atoms with Crippen molar-refractivity contribution < 1.29 is 14.3 Å². The highest BCUT2D eigenvalue weighted by Gasteiger charge is 2.29. The van der Waals surface area contributed by atoms with E-state index in [1.165, 1.54) is 11.3 Å². The van der Waals surface area contributed by atoms with Crippen molar-refractivity contribution >= 4 is 55.2 Å². The number of amides is 1. The van der Waals surface area contributed by atoms with Gasteiger partial charge in [-0.05, 0) is 31.2 Å². The molecule has 3 heterocycles. The van der Waals surface area contributed by atoms with Crippen LogP contribution in [0.4, 0.5) is 5.13 Å². The third-order valence-electron chi connectivity index (χ3n) is 6.56. The number of para-hydroxylation sites is 1. The molecule has 0 saturated heterocycles. The first kappa shape index (κ1) is 25.5. The summed E-state index contributed by atoms with van der Waals surface area (Å²) in [5.41, 5.74) is 4.82. The van der Waals surface area contributed by atoms with Crippen LogP contribution in [0.1, 0.15) is 41.9 Å². The molecule has 2 aromatic carbocycles. The molecule has 1 aliphatic rings. The maximum atomic E-state index is 13.6. The molecule has 37 heavy (non-hydrogen) atoms. The summed E-state index contributed by atoms with van der Waals surface area (Å²) in [5.74, 6) is -0.889. The van der Waals surface area contributed by atoms with Crippen molar-refractivity contribution in [2.24, 2.45) is 0 Å². The second-order valence-electron chi connectivity index (χ2n) is 8.88. The number of carbonyl (C=O) groups is 2. The lowest BCUT2D eigenvalue weighted by molar-refractivity contribution is -0.124. The minimum atomic E-state index is -0.944. The van der Waals surface area contributed by atoms with E-state index in [9.17, 15) is 9.59 Å². The number of hydrogen-bond acceptors (Lipinski definition) is 7. The lowest BCUT2D eigenvalue weighted by Crippen LogP contribution is -2.35. The Morgan fingerprint density at radius 2 is 1.92 bits per heavy atom. The number of ether oxygens (including phenoxy) is 1. The third kappa shape index (κ3) is 5.44. The highest BCUT2D eigenvalue weighted by atomic mass is 79.9. The van der Waals surface area contributed by atoms with Gasteiger partial charge in [0.25, 0.3) is 5.91 Å². The Bertz CT molecular complexity index is 1450. The molecule has 0 saturated carbocycles. The second kappa shape index (κ2) is 11.1. The number of rotatable bonds is 7. The molecule has 1 N–H and O–H groups in total. The summed E-state index contributed by atoms with van der Waals surface area (Å²) < 4.78 is 6.83. The lowest BCUT2D eigenvalue weighted by Gasteiger charge is -2.29. The van der Waals surface area contributed by atoms with Crippen LogP contribution in [0.3, 0.4) is 0 Å². The van der Waals surface area contributed by atoms with E-state index in [4.69, 9.17) is 9.72 Å². The zero-order valence-corrected chi connectivity index (χ0v) is 23.1. The minimum absolute atomic E-state index is 0.342. The van der Waals surface area contributed by atoms with E-state index >= 15 is 0 Å².